The minimum atomic E-state index is -2.66. The van der Waals surface area contributed by atoms with Crippen molar-refractivity contribution in [1.29, 1.82) is 0 Å². The van der Waals surface area contributed by atoms with E-state index in [-0.39, 0.29) is 43.1 Å². The topological polar surface area (TPSA) is 42.0 Å². The van der Waals surface area contributed by atoms with Crippen LogP contribution in [0.1, 0.15) is 61.5 Å². The summed E-state index contributed by atoms with van der Waals surface area (Å²) < 4.78 is 52.2. The third-order valence-electron chi connectivity index (χ3n) is 4.86. The lowest BCUT2D eigenvalue weighted by Gasteiger charge is -2.37. The molecule has 0 aromatic carbocycles. The van der Waals surface area contributed by atoms with Gasteiger partial charge in [-0.05, 0) is 30.4 Å². The highest BCUT2D eigenvalue weighted by Gasteiger charge is 2.47. The van der Waals surface area contributed by atoms with Crippen LogP contribution in [0.25, 0.3) is 0 Å². The van der Waals surface area contributed by atoms with Gasteiger partial charge in [0, 0.05) is 38.1 Å². The van der Waals surface area contributed by atoms with Crippen LogP contribution in [-0.2, 0) is 6.42 Å². The van der Waals surface area contributed by atoms with E-state index in [1.54, 1.807) is 12.1 Å². The van der Waals surface area contributed by atoms with Crippen molar-refractivity contribution < 1.29 is 22.4 Å². The largest absolute Gasteiger partial charge is 0.367 e. The SMILES string of the molecule is CCCC(=O)c1ccc(CC2CC(F)(F)C2)c(NC2CC(F)(F)C2)n1. The van der Waals surface area contributed by atoms with Gasteiger partial charge in [-0.1, -0.05) is 13.0 Å². The van der Waals surface area contributed by atoms with Crippen LogP contribution in [0.2, 0.25) is 0 Å². The average Bonchev–Trinajstić information content (AvgIpc) is 2.45. The van der Waals surface area contributed by atoms with Gasteiger partial charge in [0.05, 0.1) is 0 Å². The van der Waals surface area contributed by atoms with Gasteiger partial charge in [0.2, 0.25) is 5.92 Å². The number of rotatable bonds is 7. The summed E-state index contributed by atoms with van der Waals surface area (Å²) in [6.45, 7) is 1.89. The molecule has 3 nitrogen and oxygen atoms in total. The number of ketones is 1. The number of nitrogens with one attached hydrogen (secondary N) is 1. The number of hydrogen-bond donors (Lipinski definition) is 1. The molecule has 0 amide bonds. The van der Waals surface area contributed by atoms with Crippen molar-refractivity contribution in [3.05, 3.63) is 23.4 Å². The first kappa shape index (κ1) is 18.1. The van der Waals surface area contributed by atoms with E-state index >= 15 is 0 Å². The Hall–Kier alpha value is -1.66. The molecule has 2 aliphatic carbocycles. The molecule has 1 N–H and O–H groups in total. The van der Waals surface area contributed by atoms with Gasteiger partial charge in [0.25, 0.3) is 5.92 Å². The number of halogens is 4. The maximum Gasteiger partial charge on any atom is 0.252 e. The van der Waals surface area contributed by atoms with Crippen molar-refractivity contribution in [3.63, 3.8) is 0 Å². The van der Waals surface area contributed by atoms with Crippen LogP contribution in [0.15, 0.2) is 12.1 Å². The van der Waals surface area contributed by atoms with Crippen LogP contribution in [0.5, 0.6) is 0 Å². The van der Waals surface area contributed by atoms with Crippen molar-refractivity contribution in [1.82, 2.24) is 4.98 Å². The number of hydrogen-bond acceptors (Lipinski definition) is 3. The van der Waals surface area contributed by atoms with Gasteiger partial charge in [-0.25, -0.2) is 22.5 Å². The molecular weight excluding hydrogens is 336 g/mol. The molecule has 1 aromatic heterocycles. The third-order valence-corrected chi connectivity index (χ3v) is 4.86. The number of carbonyl (C=O) groups is 1. The van der Waals surface area contributed by atoms with Crippen LogP contribution in [0.4, 0.5) is 23.4 Å². The van der Waals surface area contributed by atoms with Crippen LogP contribution in [-0.4, -0.2) is 28.7 Å². The Labute approximate surface area is 144 Å². The Morgan fingerprint density at radius 1 is 1.16 bits per heavy atom. The van der Waals surface area contributed by atoms with Gasteiger partial charge in [-0.15, -0.1) is 0 Å². The molecule has 138 valence electrons. The molecule has 2 fully saturated rings. The van der Waals surface area contributed by atoms with Crippen molar-refractivity contribution in [2.45, 2.75) is 69.8 Å². The molecule has 2 saturated carbocycles. The Morgan fingerprint density at radius 3 is 2.36 bits per heavy atom. The molecule has 0 atom stereocenters. The molecule has 0 bridgehead atoms. The number of carbonyl (C=O) groups excluding carboxylic acids is 1. The molecule has 0 aliphatic heterocycles. The first-order valence-corrected chi connectivity index (χ1v) is 8.73. The lowest BCUT2D eigenvalue weighted by Crippen LogP contribution is -2.44. The van der Waals surface area contributed by atoms with Crippen molar-refractivity contribution in [2.24, 2.45) is 5.92 Å². The van der Waals surface area contributed by atoms with Gasteiger partial charge in [-0.3, -0.25) is 4.79 Å². The van der Waals surface area contributed by atoms with Gasteiger partial charge < -0.3 is 5.32 Å². The maximum atomic E-state index is 13.1. The monoisotopic (exact) mass is 358 g/mol. The fourth-order valence-corrected chi connectivity index (χ4v) is 3.48. The molecule has 0 spiro atoms. The highest BCUT2D eigenvalue weighted by molar-refractivity contribution is 5.94. The van der Waals surface area contributed by atoms with E-state index in [0.29, 0.717) is 30.6 Å². The number of alkyl halides is 4. The average molecular weight is 358 g/mol. The van der Waals surface area contributed by atoms with Crippen LogP contribution >= 0.6 is 0 Å². The molecule has 0 radical (unpaired) electrons. The Balaban J connectivity index is 1.74. The summed E-state index contributed by atoms with van der Waals surface area (Å²) in [5.41, 5.74) is 1.00. The first-order valence-electron chi connectivity index (χ1n) is 8.73. The summed E-state index contributed by atoms with van der Waals surface area (Å²) in [5, 5.41) is 2.98. The minimum Gasteiger partial charge on any atom is -0.367 e. The highest BCUT2D eigenvalue weighted by atomic mass is 19.3. The van der Waals surface area contributed by atoms with Crippen molar-refractivity contribution in [2.75, 3.05) is 5.32 Å². The van der Waals surface area contributed by atoms with Crippen LogP contribution < -0.4 is 5.32 Å². The Morgan fingerprint density at radius 2 is 1.80 bits per heavy atom. The zero-order chi connectivity index (χ0) is 18.2. The molecule has 0 saturated heterocycles. The van der Waals surface area contributed by atoms with Crippen molar-refractivity contribution >= 4 is 11.6 Å². The maximum absolute atomic E-state index is 13.1. The summed E-state index contributed by atoms with van der Waals surface area (Å²) >= 11 is 0. The van der Waals surface area contributed by atoms with E-state index in [1.807, 2.05) is 6.92 Å². The van der Waals surface area contributed by atoms with Crippen LogP contribution in [0.3, 0.4) is 0 Å². The standard InChI is InChI=1S/C18H22F4N2O/c1-2-3-15(25)14-5-4-12(6-11-7-17(19,20)8-11)16(24-14)23-13-9-18(21,22)10-13/h4-5,11,13H,2-3,6-10H2,1H3,(H,23,24). The van der Waals surface area contributed by atoms with E-state index in [9.17, 15) is 22.4 Å². The molecule has 1 heterocycles. The number of nitrogens with zero attached hydrogens (tertiary/aromatic N) is 1. The second kappa shape index (κ2) is 6.57. The number of aromatic nitrogens is 1. The molecular formula is C18H22F4N2O. The minimum absolute atomic E-state index is 0.105. The molecule has 2 aliphatic rings. The second-order valence-corrected chi connectivity index (χ2v) is 7.32. The summed E-state index contributed by atoms with van der Waals surface area (Å²) in [6, 6.07) is 2.91. The fraction of sp³-hybridized carbons (Fsp3) is 0.667. The summed E-state index contributed by atoms with van der Waals surface area (Å²) in [7, 11) is 0. The molecule has 25 heavy (non-hydrogen) atoms. The predicted octanol–water partition coefficient (Wildman–Crippen LogP) is 4.86. The van der Waals surface area contributed by atoms with Gasteiger partial charge in [0.15, 0.2) is 5.78 Å². The molecule has 0 unspecified atom stereocenters. The fourth-order valence-electron chi connectivity index (χ4n) is 3.48. The smallest absolute Gasteiger partial charge is 0.252 e. The molecule has 7 heteroatoms. The lowest BCUT2D eigenvalue weighted by molar-refractivity contribution is -0.109. The normalized spacial score (nSPS) is 22.1. The third kappa shape index (κ3) is 4.30. The predicted molar refractivity (Wildman–Crippen MR) is 86.4 cm³/mol. The summed E-state index contributed by atoms with van der Waals surface area (Å²) in [4.78, 5) is 16.4. The second-order valence-electron chi connectivity index (χ2n) is 7.32. The zero-order valence-electron chi connectivity index (χ0n) is 14.1. The number of Topliss-reactive ketones (excluding diaryl/α,β-unsaturated/α-hetero) is 1. The lowest BCUT2D eigenvalue weighted by atomic mass is 9.77. The van der Waals surface area contributed by atoms with Crippen LogP contribution in [0, 0.1) is 5.92 Å². The highest BCUT2D eigenvalue weighted by Crippen LogP contribution is 2.45. The Bertz CT molecular complexity index is 646. The number of pyridine rings is 1. The van der Waals surface area contributed by atoms with E-state index < -0.39 is 17.9 Å². The summed E-state index contributed by atoms with van der Waals surface area (Å²) in [5.74, 6) is -5.12. The van der Waals surface area contributed by atoms with Gasteiger partial charge in [-0.2, -0.15) is 0 Å². The first-order chi connectivity index (χ1) is 11.7. The quantitative estimate of drug-likeness (QED) is 0.559. The van der Waals surface area contributed by atoms with Gasteiger partial charge in [0.1, 0.15) is 11.5 Å². The van der Waals surface area contributed by atoms with Gasteiger partial charge >= 0.3 is 0 Å². The zero-order valence-corrected chi connectivity index (χ0v) is 14.1. The van der Waals surface area contributed by atoms with Crippen molar-refractivity contribution in [3.8, 4) is 0 Å². The molecule has 1 aromatic rings. The summed E-state index contributed by atoms with van der Waals surface area (Å²) in [6.07, 6.45) is 0.593. The van der Waals surface area contributed by atoms with E-state index in [1.165, 1.54) is 0 Å². The Kier molecular flexibility index (Phi) is 4.77. The van der Waals surface area contributed by atoms with E-state index in [4.69, 9.17) is 0 Å². The van der Waals surface area contributed by atoms with E-state index in [0.717, 1.165) is 0 Å². The molecule has 3 rings (SSSR count). The number of anilines is 1. The van der Waals surface area contributed by atoms with E-state index in [2.05, 4.69) is 10.3 Å².